The highest BCUT2D eigenvalue weighted by Crippen LogP contribution is 2.32. The molecule has 0 bridgehead atoms. The Kier molecular flexibility index (Phi) is 7.54. The molecule has 1 saturated carbocycles. The fourth-order valence-corrected chi connectivity index (χ4v) is 4.02. The summed E-state index contributed by atoms with van der Waals surface area (Å²) in [6.07, 6.45) is 7.16. The average Bonchev–Trinajstić information content (AvgIpc) is 3.09. The summed E-state index contributed by atoms with van der Waals surface area (Å²) in [6, 6.07) is 16.1. The predicted octanol–water partition coefficient (Wildman–Crippen LogP) is 6.10. The zero-order valence-electron chi connectivity index (χ0n) is 18.9. The first-order valence-corrected chi connectivity index (χ1v) is 11.6. The fraction of sp³-hybridized carbons (Fsp3) is 0.423. The third-order valence-electron chi connectivity index (χ3n) is 5.62. The quantitative estimate of drug-likeness (QED) is 0.400. The van der Waals surface area contributed by atoms with Crippen LogP contribution in [0, 0.1) is 0 Å². The lowest BCUT2D eigenvalue weighted by Crippen LogP contribution is -2.17. The molecule has 1 heterocycles. The van der Waals surface area contributed by atoms with Gasteiger partial charge in [-0.3, -0.25) is 0 Å². The third-order valence-corrected chi connectivity index (χ3v) is 5.62. The van der Waals surface area contributed by atoms with Crippen molar-refractivity contribution in [2.75, 3.05) is 13.2 Å². The van der Waals surface area contributed by atoms with E-state index < -0.39 is 0 Å². The van der Waals surface area contributed by atoms with Crippen molar-refractivity contribution < 1.29 is 14.2 Å². The van der Waals surface area contributed by atoms with Crippen LogP contribution in [0.2, 0.25) is 0 Å². The van der Waals surface area contributed by atoms with Crippen molar-refractivity contribution in [3.05, 3.63) is 48.5 Å². The maximum Gasteiger partial charge on any atom is 0.336 e. The Labute approximate surface area is 190 Å². The number of rotatable bonds is 8. The monoisotopic (exact) mass is 433 g/mol. The van der Waals surface area contributed by atoms with E-state index >= 15 is 0 Å². The molecule has 32 heavy (non-hydrogen) atoms. The van der Waals surface area contributed by atoms with Crippen LogP contribution in [0.3, 0.4) is 0 Å². The van der Waals surface area contributed by atoms with Crippen LogP contribution in [-0.2, 0) is 0 Å². The molecule has 0 atom stereocenters. The summed E-state index contributed by atoms with van der Waals surface area (Å²) in [5, 5.41) is 8.87. The van der Waals surface area contributed by atoms with Gasteiger partial charge in [0, 0.05) is 11.1 Å². The van der Waals surface area contributed by atoms with Crippen molar-refractivity contribution in [3.63, 3.8) is 0 Å². The van der Waals surface area contributed by atoms with Gasteiger partial charge in [0.05, 0.1) is 13.2 Å². The minimum atomic E-state index is 0.156. The van der Waals surface area contributed by atoms with Gasteiger partial charge in [0.1, 0.15) is 29.0 Å². The molecule has 0 aliphatic heterocycles. The molecule has 3 aromatic rings. The summed E-state index contributed by atoms with van der Waals surface area (Å²) >= 11 is 0. The molecule has 4 rings (SSSR count). The highest BCUT2D eigenvalue weighted by Gasteiger charge is 2.19. The predicted molar refractivity (Wildman–Crippen MR) is 125 cm³/mol. The van der Waals surface area contributed by atoms with Crippen LogP contribution in [0.4, 0.5) is 0 Å². The summed E-state index contributed by atoms with van der Waals surface area (Å²) in [7, 11) is 0. The maximum absolute atomic E-state index is 6.17. The lowest BCUT2D eigenvalue weighted by molar-refractivity contribution is 0.166. The number of aromatic nitrogens is 3. The van der Waals surface area contributed by atoms with Crippen LogP contribution >= 0.6 is 0 Å². The number of nitrogens with zero attached hydrogens (tertiary/aromatic N) is 3. The Morgan fingerprint density at radius 1 is 0.688 bits per heavy atom. The zero-order chi connectivity index (χ0) is 22.2. The van der Waals surface area contributed by atoms with Crippen molar-refractivity contribution >= 4 is 0 Å². The summed E-state index contributed by atoms with van der Waals surface area (Å²) in [4.78, 5) is 4.81. The highest BCUT2D eigenvalue weighted by molar-refractivity contribution is 5.78. The molecule has 6 nitrogen and oxygen atoms in total. The van der Waals surface area contributed by atoms with Gasteiger partial charge in [-0.05, 0) is 88.1 Å². The van der Waals surface area contributed by atoms with Crippen LogP contribution in [0.15, 0.2) is 48.5 Å². The molecule has 1 fully saturated rings. The molecule has 168 valence electrons. The molecule has 2 aromatic carbocycles. The van der Waals surface area contributed by atoms with Crippen LogP contribution in [0.5, 0.6) is 17.5 Å². The van der Waals surface area contributed by atoms with E-state index in [0.717, 1.165) is 41.2 Å². The SMILES string of the molecule is CCOc1ccc(-c2nnc(OC3CCCCCC3)nc2-c2ccc(OCC)cc2)cc1. The van der Waals surface area contributed by atoms with E-state index in [0.29, 0.717) is 24.9 Å². The van der Waals surface area contributed by atoms with Gasteiger partial charge < -0.3 is 14.2 Å². The Hall–Kier alpha value is -3.15. The molecule has 6 heteroatoms. The Morgan fingerprint density at radius 3 is 1.75 bits per heavy atom. The van der Waals surface area contributed by atoms with Gasteiger partial charge in [0.2, 0.25) is 0 Å². The van der Waals surface area contributed by atoms with Gasteiger partial charge in [-0.2, -0.15) is 4.98 Å². The van der Waals surface area contributed by atoms with Gasteiger partial charge >= 0.3 is 6.01 Å². The zero-order valence-corrected chi connectivity index (χ0v) is 18.9. The second-order valence-electron chi connectivity index (χ2n) is 7.94. The van der Waals surface area contributed by atoms with E-state index in [9.17, 15) is 0 Å². The van der Waals surface area contributed by atoms with Gasteiger partial charge in [0.25, 0.3) is 0 Å². The van der Waals surface area contributed by atoms with Crippen LogP contribution in [0.25, 0.3) is 22.5 Å². The Bertz CT molecular complexity index is 982. The summed E-state index contributed by atoms with van der Waals surface area (Å²) in [5.41, 5.74) is 3.33. The van der Waals surface area contributed by atoms with Crippen molar-refractivity contribution in [3.8, 4) is 40.0 Å². The second-order valence-corrected chi connectivity index (χ2v) is 7.94. The normalized spacial score (nSPS) is 14.6. The molecule has 1 aliphatic rings. The number of hydrogen-bond donors (Lipinski definition) is 0. The van der Waals surface area contributed by atoms with E-state index in [1.807, 2.05) is 62.4 Å². The highest BCUT2D eigenvalue weighted by atomic mass is 16.5. The molecule has 0 radical (unpaired) electrons. The van der Waals surface area contributed by atoms with E-state index in [2.05, 4.69) is 10.2 Å². The fourth-order valence-electron chi connectivity index (χ4n) is 4.02. The standard InChI is InChI=1S/C26H31N3O3/c1-3-30-21-15-11-19(12-16-21)24-25(20-13-17-22(18-14-20)31-4-2)28-29-26(27-24)32-23-9-7-5-6-8-10-23/h11-18,23H,3-10H2,1-2H3. The molecule has 0 saturated heterocycles. The molecule has 0 unspecified atom stereocenters. The molecule has 0 amide bonds. The minimum Gasteiger partial charge on any atom is -0.494 e. The second kappa shape index (κ2) is 10.9. The van der Waals surface area contributed by atoms with Gasteiger partial charge in [-0.1, -0.05) is 17.9 Å². The third kappa shape index (κ3) is 5.55. The molecular formula is C26H31N3O3. The van der Waals surface area contributed by atoms with Crippen LogP contribution in [0.1, 0.15) is 52.4 Å². The Balaban J connectivity index is 1.67. The number of ether oxygens (including phenoxy) is 3. The smallest absolute Gasteiger partial charge is 0.336 e. The largest absolute Gasteiger partial charge is 0.494 e. The molecule has 1 aromatic heterocycles. The van der Waals surface area contributed by atoms with Gasteiger partial charge in [0.15, 0.2) is 0 Å². The van der Waals surface area contributed by atoms with Gasteiger partial charge in [-0.25, -0.2) is 0 Å². The number of hydrogen-bond acceptors (Lipinski definition) is 6. The van der Waals surface area contributed by atoms with E-state index in [1.165, 1.54) is 25.7 Å². The lowest BCUT2D eigenvalue weighted by atomic mass is 10.0. The first-order chi connectivity index (χ1) is 15.8. The van der Waals surface area contributed by atoms with Crippen LogP contribution in [-0.4, -0.2) is 34.5 Å². The lowest BCUT2D eigenvalue weighted by Gasteiger charge is -2.16. The molecule has 0 spiro atoms. The molecule has 1 aliphatic carbocycles. The average molecular weight is 434 g/mol. The first kappa shape index (κ1) is 22.1. The van der Waals surface area contributed by atoms with Crippen molar-refractivity contribution in [1.29, 1.82) is 0 Å². The maximum atomic E-state index is 6.17. The van der Waals surface area contributed by atoms with E-state index in [1.54, 1.807) is 0 Å². The summed E-state index contributed by atoms with van der Waals surface area (Å²) < 4.78 is 17.3. The topological polar surface area (TPSA) is 66.4 Å². The summed E-state index contributed by atoms with van der Waals surface area (Å²) in [6.45, 7) is 5.21. The van der Waals surface area contributed by atoms with E-state index in [-0.39, 0.29) is 6.10 Å². The van der Waals surface area contributed by atoms with E-state index in [4.69, 9.17) is 19.2 Å². The number of benzene rings is 2. The first-order valence-electron chi connectivity index (χ1n) is 11.6. The Morgan fingerprint density at radius 2 is 1.22 bits per heavy atom. The van der Waals surface area contributed by atoms with Crippen molar-refractivity contribution in [1.82, 2.24) is 15.2 Å². The summed E-state index contributed by atoms with van der Waals surface area (Å²) in [5.74, 6) is 1.66. The molecule has 0 N–H and O–H groups in total. The van der Waals surface area contributed by atoms with Gasteiger partial charge in [-0.15, -0.1) is 5.10 Å². The molecular weight excluding hydrogens is 402 g/mol. The minimum absolute atomic E-state index is 0.156. The van der Waals surface area contributed by atoms with Crippen molar-refractivity contribution in [2.45, 2.75) is 58.5 Å². The van der Waals surface area contributed by atoms with Crippen LogP contribution < -0.4 is 14.2 Å². The van der Waals surface area contributed by atoms with Crippen molar-refractivity contribution in [2.24, 2.45) is 0 Å².